The third kappa shape index (κ3) is 4.05. The van der Waals surface area contributed by atoms with Crippen LogP contribution in [-0.2, 0) is 16.1 Å². The van der Waals surface area contributed by atoms with Crippen molar-refractivity contribution in [1.29, 1.82) is 0 Å². The number of carbonyl (C=O) groups is 1. The van der Waals surface area contributed by atoms with Crippen LogP contribution in [0, 0.1) is 6.92 Å². The predicted molar refractivity (Wildman–Crippen MR) is 76.4 cm³/mol. The second kappa shape index (κ2) is 6.85. The maximum Gasteiger partial charge on any atom is 0.239 e. The molecular weight excluding hydrogens is 256 g/mol. The molecule has 0 aromatic carbocycles. The molecule has 6 heteroatoms. The van der Waals surface area contributed by atoms with E-state index < -0.39 is 0 Å². The number of nitrogens with zero attached hydrogens (tertiary/aromatic N) is 3. The van der Waals surface area contributed by atoms with Crippen molar-refractivity contribution in [2.75, 3.05) is 26.3 Å². The van der Waals surface area contributed by atoms with Crippen LogP contribution in [0.1, 0.15) is 19.4 Å². The summed E-state index contributed by atoms with van der Waals surface area (Å²) in [6.07, 6.45) is 3.85. The van der Waals surface area contributed by atoms with Gasteiger partial charge in [0.15, 0.2) is 0 Å². The molecule has 1 aliphatic heterocycles. The summed E-state index contributed by atoms with van der Waals surface area (Å²) in [5, 5.41) is 7.60. The van der Waals surface area contributed by atoms with Gasteiger partial charge in [-0.25, -0.2) is 0 Å². The molecule has 0 bridgehead atoms. The third-order valence-electron chi connectivity index (χ3n) is 3.45. The van der Waals surface area contributed by atoms with Crippen LogP contribution >= 0.6 is 0 Å². The topological polar surface area (TPSA) is 59.4 Å². The van der Waals surface area contributed by atoms with Crippen molar-refractivity contribution in [2.24, 2.45) is 0 Å². The maximum atomic E-state index is 12.3. The Bertz CT molecular complexity index is 440. The summed E-state index contributed by atoms with van der Waals surface area (Å²) in [5.41, 5.74) is 1.15. The molecular formula is C14H24N4O2. The Labute approximate surface area is 120 Å². The van der Waals surface area contributed by atoms with Crippen molar-refractivity contribution in [3.05, 3.63) is 18.0 Å². The molecule has 2 atom stereocenters. The number of rotatable bonds is 5. The highest BCUT2D eigenvalue weighted by atomic mass is 16.5. The molecule has 1 N–H and O–H groups in total. The summed E-state index contributed by atoms with van der Waals surface area (Å²) in [6.45, 7) is 9.43. The summed E-state index contributed by atoms with van der Waals surface area (Å²) in [4.78, 5) is 14.1. The second-order valence-electron chi connectivity index (χ2n) is 5.47. The molecule has 1 aromatic heterocycles. The maximum absolute atomic E-state index is 12.3. The van der Waals surface area contributed by atoms with E-state index in [-0.39, 0.29) is 18.0 Å². The third-order valence-corrected chi connectivity index (χ3v) is 3.45. The molecule has 0 spiro atoms. The van der Waals surface area contributed by atoms with Crippen LogP contribution < -0.4 is 5.32 Å². The van der Waals surface area contributed by atoms with Crippen LogP contribution in [0.4, 0.5) is 0 Å². The smallest absolute Gasteiger partial charge is 0.239 e. The molecule has 1 aliphatic rings. The molecule has 0 radical (unpaired) electrons. The van der Waals surface area contributed by atoms with Gasteiger partial charge in [-0.3, -0.25) is 9.48 Å². The van der Waals surface area contributed by atoms with Gasteiger partial charge in [-0.05, 0) is 26.3 Å². The minimum absolute atomic E-state index is 0.150. The SMILES string of the molecule is Cc1cnn(C[C@@H](C)N[C@@H](C)C(=O)N2CCOCC2)c1. The molecule has 0 unspecified atom stereocenters. The van der Waals surface area contributed by atoms with Crippen molar-refractivity contribution in [3.63, 3.8) is 0 Å². The Balaban J connectivity index is 1.80. The quantitative estimate of drug-likeness (QED) is 0.849. The lowest BCUT2D eigenvalue weighted by atomic mass is 10.2. The molecule has 1 aromatic rings. The fraction of sp³-hybridized carbons (Fsp3) is 0.714. The first-order valence-corrected chi connectivity index (χ1v) is 7.18. The molecule has 1 amide bonds. The van der Waals surface area contributed by atoms with E-state index in [1.54, 1.807) is 0 Å². The van der Waals surface area contributed by atoms with Crippen LogP contribution in [0.25, 0.3) is 0 Å². The summed E-state index contributed by atoms with van der Waals surface area (Å²) < 4.78 is 7.17. The fourth-order valence-corrected chi connectivity index (χ4v) is 2.46. The number of aromatic nitrogens is 2. The van der Waals surface area contributed by atoms with Crippen LogP contribution in [-0.4, -0.2) is 59.0 Å². The Hall–Kier alpha value is -1.40. The largest absolute Gasteiger partial charge is 0.378 e. The van der Waals surface area contributed by atoms with E-state index >= 15 is 0 Å². The summed E-state index contributed by atoms with van der Waals surface area (Å²) in [6, 6.07) is 0.00838. The minimum Gasteiger partial charge on any atom is -0.378 e. The zero-order valence-electron chi connectivity index (χ0n) is 12.5. The average molecular weight is 280 g/mol. The van der Waals surface area contributed by atoms with Gasteiger partial charge in [0.05, 0.1) is 32.0 Å². The lowest BCUT2D eigenvalue weighted by Crippen LogP contribution is -2.51. The van der Waals surface area contributed by atoms with E-state index in [0.29, 0.717) is 26.3 Å². The van der Waals surface area contributed by atoms with Crippen molar-refractivity contribution in [2.45, 2.75) is 39.4 Å². The van der Waals surface area contributed by atoms with Crippen LogP contribution in [0.2, 0.25) is 0 Å². The molecule has 1 fully saturated rings. The molecule has 2 rings (SSSR count). The number of ether oxygens (including phenoxy) is 1. The molecule has 0 saturated carbocycles. The zero-order chi connectivity index (χ0) is 14.5. The first-order valence-electron chi connectivity index (χ1n) is 7.18. The van der Waals surface area contributed by atoms with Crippen molar-refractivity contribution < 1.29 is 9.53 Å². The van der Waals surface area contributed by atoms with Crippen LogP contribution in [0.5, 0.6) is 0 Å². The highest BCUT2D eigenvalue weighted by molar-refractivity contribution is 5.81. The predicted octanol–water partition coefficient (Wildman–Crippen LogP) is 0.417. The van der Waals surface area contributed by atoms with E-state index in [9.17, 15) is 4.79 Å². The van der Waals surface area contributed by atoms with Gasteiger partial charge in [0.1, 0.15) is 0 Å². The monoisotopic (exact) mass is 280 g/mol. The lowest BCUT2D eigenvalue weighted by Gasteiger charge is -2.30. The highest BCUT2D eigenvalue weighted by Gasteiger charge is 2.23. The van der Waals surface area contributed by atoms with E-state index in [2.05, 4.69) is 17.3 Å². The number of nitrogens with one attached hydrogen (secondary N) is 1. The van der Waals surface area contributed by atoms with Crippen LogP contribution in [0.3, 0.4) is 0 Å². The molecule has 20 heavy (non-hydrogen) atoms. The van der Waals surface area contributed by atoms with Gasteiger partial charge in [-0.1, -0.05) is 0 Å². The first-order chi connectivity index (χ1) is 9.56. The number of carbonyl (C=O) groups excluding carboxylic acids is 1. The van der Waals surface area contributed by atoms with Crippen molar-refractivity contribution in [1.82, 2.24) is 20.0 Å². The highest BCUT2D eigenvalue weighted by Crippen LogP contribution is 2.02. The number of aryl methyl sites for hydroxylation is 1. The van der Waals surface area contributed by atoms with E-state index in [1.807, 2.05) is 35.8 Å². The number of hydrogen-bond acceptors (Lipinski definition) is 4. The fourth-order valence-electron chi connectivity index (χ4n) is 2.46. The molecule has 112 valence electrons. The second-order valence-corrected chi connectivity index (χ2v) is 5.47. The summed E-state index contributed by atoms with van der Waals surface area (Å²) >= 11 is 0. The van der Waals surface area contributed by atoms with Gasteiger partial charge < -0.3 is 15.0 Å². The Morgan fingerprint density at radius 3 is 2.75 bits per heavy atom. The number of hydrogen-bond donors (Lipinski definition) is 1. The minimum atomic E-state index is -0.181. The standard InChI is InChI=1S/C14H24N4O2/c1-11-8-15-18(9-11)10-12(2)16-13(3)14(19)17-4-6-20-7-5-17/h8-9,12-13,16H,4-7,10H2,1-3H3/t12-,13+/m1/s1. The van der Waals surface area contributed by atoms with Gasteiger partial charge in [0.25, 0.3) is 0 Å². The Kier molecular flexibility index (Phi) is 5.14. The summed E-state index contributed by atoms with van der Waals surface area (Å²) in [7, 11) is 0. The zero-order valence-corrected chi connectivity index (χ0v) is 12.5. The van der Waals surface area contributed by atoms with Gasteiger partial charge in [0.2, 0.25) is 5.91 Å². The van der Waals surface area contributed by atoms with E-state index in [4.69, 9.17) is 4.74 Å². The van der Waals surface area contributed by atoms with E-state index in [0.717, 1.165) is 12.1 Å². The Morgan fingerprint density at radius 2 is 2.15 bits per heavy atom. The number of morpholine rings is 1. The Morgan fingerprint density at radius 1 is 1.45 bits per heavy atom. The molecule has 6 nitrogen and oxygen atoms in total. The van der Waals surface area contributed by atoms with E-state index in [1.165, 1.54) is 0 Å². The van der Waals surface area contributed by atoms with Gasteiger partial charge in [-0.15, -0.1) is 0 Å². The van der Waals surface area contributed by atoms with Gasteiger partial charge >= 0.3 is 0 Å². The lowest BCUT2D eigenvalue weighted by molar-refractivity contribution is -0.137. The van der Waals surface area contributed by atoms with Crippen molar-refractivity contribution in [3.8, 4) is 0 Å². The average Bonchev–Trinajstić information content (AvgIpc) is 2.84. The number of amides is 1. The molecule has 0 aliphatic carbocycles. The molecule has 2 heterocycles. The normalized spacial score (nSPS) is 18.9. The molecule has 1 saturated heterocycles. The summed E-state index contributed by atoms with van der Waals surface area (Å²) in [5.74, 6) is 0.150. The van der Waals surface area contributed by atoms with Gasteiger partial charge in [-0.2, -0.15) is 5.10 Å². The van der Waals surface area contributed by atoms with Crippen molar-refractivity contribution >= 4 is 5.91 Å². The van der Waals surface area contributed by atoms with Gasteiger partial charge in [0, 0.05) is 25.3 Å². The van der Waals surface area contributed by atoms with Crippen LogP contribution in [0.15, 0.2) is 12.4 Å². The first kappa shape index (κ1) is 15.0.